The van der Waals surface area contributed by atoms with Crippen molar-refractivity contribution >= 4 is 17.5 Å². The number of aromatic nitrogens is 4. The molecule has 0 aliphatic carbocycles. The van der Waals surface area contributed by atoms with Crippen molar-refractivity contribution in [1.29, 1.82) is 0 Å². The number of halogens is 2. The number of carbonyl (C=O) groups is 2. The maximum absolute atomic E-state index is 13.7. The second-order valence-corrected chi connectivity index (χ2v) is 5.77. The number of nitrogens with zero attached hydrogens (tertiary/aromatic N) is 5. The van der Waals surface area contributed by atoms with E-state index >= 15 is 0 Å². The Morgan fingerprint density at radius 3 is 2.50 bits per heavy atom. The Morgan fingerprint density at radius 2 is 1.86 bits per heavy atom. The Labute approximate surface area is 158 Å². The van der Waals surface area contributed by atoms with Crippen LogP contribution in [0.15, 0.2) is 48.8 Å². The molecule has 10 heteroatoms. The molecule has 0 bridgehead atoms. The molecule has 3 aromatic rings. The van der Waals surface area contributed by atoms with Gasteiger partial charge < -0.3 is 10.2 Å². The van der Waals surface area contributed by atoms with E-state index in [2.05, 4.69) is 20.8 Å². The first-order valence-electron chi connectivity index (χ1n) is 8.36. The summed E-state index contributed by atoms with van der Waals surface area (Å²) >= 11 is 0. The van der Waals surface area contributed by atoms with Gasteiger partial charge >= 0.3 is 0 Å². The zero-order valence-corrected chi connectivity index (χ0v) is 14.8. The molecule has 28 heavy (non-hydrogen) atoms. The lowest BCUT2D eigenvalue weighted by Crippen LogP contribution is -2.38. The molecular weight excluding hydrogens is 370 g/mol. The molecule has 0 aliphatic heterocycles. The van der Waals surface area contributed by atoms with Crippen LogP contribution in [0.25, 0.3) is 5.69 Å². The molecule has 0 spiro atoms. The summed E-state index contributed by atoms with van der Waals surface area (Å²) in [4.78, 5) is 26.2. The second kappa shape index (κ2) is 8.33. The van der Waals surface area contributed by atoms with Crippen molar-refractivity contribution in [1.82, 2.24) is 25.1 Å². The van der Waals surface area contributed by atoms with Crippen LogP contribution < -0.4 is 5.32 Å². The normalized spacial score (nSPS) is 10.5. The van der Waals surface area contributed by atoms with E-state index < -0.39 is 29.1 Å². The predicted octanol–water partition coefficient (Wildman–Crippen LogP) is 2.04. The van der Waals surface area contributed by atoms with E-state index in [0.717, 1.165) is 12.1 Å². The predicted molar refractivity (Wildman–Crippen MR) is 95.7 cm³/mol. The fourth-order valence-electron chi connectivity index (χ4n) is 2.54. The van der Waals surface area contributed by atoms with Gasteiger partial charge in [-0.25, -0.2) is 13.5 Å². The van der Waals surface area contributed by atoms with Gasteiger partial charge in [0.05, 0.1) is 5.69 Å². The van der Waals surface area contributed by atoms with Crippen molar-refractivity contribution in [2.24, 2.45) is 0 Å². The number of hydrogen-bond donors (Lipinski definition) is 1. The van der Waals surface area contributed by atoms with Gasteiger partial charge in [0, 0.05) is 12.1 Å². The molecule has 0 aliphatic rings. The lowest BCUT2D eigenvalue weighted by molar-refractivity contribution is -0.116. The van der Waals surface area contributed by atoms with E-state index in [4.69, 9.17) is 0 Å². The lowest BCUT2D eigenvalue weighted by atomic mass is 10.1. The van der Waals surface area contributed by atoms with Crippen molar-refractivity contribution in [3.63, 3.8) is 0 Å². The van der Waals surface area contributed by atoms with Gasteiger partial charge in [-0.3, -0.25) is 9.59 Å². The number of tetrazole rings is 1. The van der Waals surface area contributed by atoms with Crippen molar-refractivity contribution in [2.75, 3.05) is 18.4 Å². The molecule has 0 unspecified atom stereocenters. The molecule has 1 aromatic heterocycles. The smallest absolute Gasteiger partial charge is 0.254 e. The lowest BCUT2D eigenvalue weighted by Gasteiger charge is -2.21. The molecule has 3 rings (SSSR count). The highest BCUT2D eigenvalue weighted by molar-refractivity contribution is 5.99. The number of benzene rings is 2. The van der Waals surface area contributed by atoms with Crippen LogP contribution in [0.3, 0.4) is 0 Å². The maximum atomic E-state index is 13.7. The van der Waals surface area contributed by atoms with Gasteiger partial charge in [-0.1, -0.05) is 12.1 Å². The number of hydrogen-bond acceptors (Lipinski definition) is 5. The number of carbonyl (C=O) groups excluding carboxylic acids is 2. The first-order valence-corrected chi connectivity index (χ1v) is 8.36. The molecule has 144 valence electrons. The molecule has 1 N–H and O–H groups in total. The topological polar surface area (TPSA) is 93.0 Å². The van der Waals surface area contributed by atoms with E-state index in [1.54, 1.807) is 31.2 Å². The highest BCUT2D eigenvalue weighted by Gasteiger charge is 2.20. The summed E-state index contributed by atoms with van der Waals surface area (Å²) in [5.41, 5.74) is 0.348. The van der Waals surface area contributed by atoms with Crippen LogP contribution in [-0.4, -0.2) is 50.0 Å². The van der Waals surface area contributed by atoms with E-state index in [9.17, 15) is 18.4 Å². The molecule has 0 saturated heterocycles. The van der Waals surface area contributed by atoms with Gasteiger partial charge in [-0.15, -0.1) is 5.10 Å². The first-order chi connectivity index (χ1) is 13.5. The van der Waals surface area contributed by atoms with Crippen molar-refractivity contribution in [2.45, 2.75) is 6.92 Å². The zero-order chi connectivity index (χ0) is 20.1. The number of nitrogens with one attached hydrogen (secondary N) is 1. The third-order valence-corrected chi connectivity index (χ3v) is 3.94. The van der Waals surface area contributed by atoms with Gasteiger partial charge in [-0.05, 0) is 47.7 Å². The number of likely N-dealkylation sites (N-methyl/N-ethyl adjacent to an activating group) is 1. The summed E-state index contributed by atoms with van der Waals surface area (Å²) < 4.78 is 28.7. The minimum atomic E-state index is -0.892. The Kier molecular flexibility index (Phi) is 5.68. The number of rotatable bonds is 6. The van der Waals surface area contributed by atoms with E-state index in [1.165, 1.54) is 22.0 Å². The second-order valence-electron chi connectivity index (χ2n) is 5.77. The fraction of sp³-hybridized carbons (Fsp3) is 0.167. The summed E-state index contributed by atoms with van der Waals surface area (Å²) in [7, 11) is 0. The molecule has 0 saturated carbocycles. The van der Waals surface area contributed by atoms with Crippen LogP contribution in [0.1, 0.15) is 17.3 Å². The van der Waals surface area contributed by atoms with Gasteiger partial charge in [0.1, 0.15) is 30.2 Å². The van der Waals surface area contributed by atoms with Crippen LogP contribution in [0.5, 0.6) is 0 Å². The Balaban J connectivity index is 1.73. The van der Waals surface area contributed by atoms with Gasteiger partial charge in [0.25, 0.3) is 5.91 Å². The average molecular weight is 386 g/mol. The quantitative estimate of drug-likeness (QED) is 0.700. The molecule has 0 atom stereocenters. The highest BCUT2D eigenvalue weighted by Crippen LogP contribution is 2.18. The Hall–Kier alpha value is -3.69. The number of para-hydroxylation sites is 1. The minimum absolute atomic E-state index is 0.223. The summed E-state index contributed by atoms with van der Waals surface area (Å²) in [6, 6.07) is 9.81. The van der Waals surface area contributed by atoms with E-state index in [-0.39, 0.29) is 13.1 Å². The molecule has 2 amide bonds. The standard InChI is InChI=1S/C18H16F2N6O2/c1-2-25(10-16(27)22-17-14(19)7-4-8-15(17)20)18(28)12-5-3-6-13(9-12)26-11-21-23-24-26/h3-9,11H,2,10H2,1H3,(H,22,27). The van der Waals surface area contributed by atoms with Crippen molar-refractivity contribution in [3.05, 3.63) is 66.0 Å². The van der Waals surface area contributed by atoms with E-state index in [1.807, 2.05) is 0 Å². The molecular formula is C18H16F2N6O2. The maximum Gasteiger partial charge on any atom is 0.254 e. The molecule has 8 nitrogen and oxygen atoms in total. The van der Waals surface area contributed by atoms with Crippen LogP contribution in [0.2, 0.25) is 0 Å². The van der Waals surface area contributed by atoms with Gasteiger partial charge in [-0.2, -0.15) is 0 Å². The van der Waals surface area contributed by atoms with Crippen LogP contribution in [0.4, 0.5) is 14.5 Å². The number of anilines is 1. The molecule has 0 radical (unpaired) electrons. The highest BCUT2D eigenvalue weighted by atomic mass is 19.1. The van der Waals surface area contributed by atoms with Crippen LogP contribution in [0, 0.1) is 11.6 Å². The minimum Gasteiger partial charge on any atom is -0.330 e. The van der Waals surface area contributed by atoms with Gasteiger partial charge in [0.2, 0.25) is 5.91 Å². The zero-order valence-electron chi connectivity index (χ0n) is 14.8. The van der Waals surface area contributed by atoms with Crippen molar-refractivity contribution in [3.8, 4) is 5.69 Å². The summed E-state index contributed by atoms with van der Waals surface area (Å²) in [6.45, 7) is 1.55. The van der Waals surface area contributed by atoms with Crippen LogP contribution >= 0.6 is 0 Å². The molecule has 2 aromatic carbocycles. The third kappa shape index (κ3) is 4.17. The SMILES string of the molecule is CCN(CC(=O)Nc1c(F)cccc1F)C(=O)c1cccc(-n2cnnn2)c1. The Morgan fingerprint density at radius 1 is 1.14 bits per heavy atom. The molecule has 0 fully saturated rings. The average Bonchev–Trinajstić information content (AvgIpc) is 3.23. The van der Waals surface area contributed by atoms with E-state index in [0.29, 0.717) is 11.3 Å². The van der Waals surface area contributed by atoms with Crippen LogP contribution in [-0.2, 0) is 4.79 Å². The van der Waals surface area contributed by atoms with Crippen molar-refractivity contribution < 1.29 is 18.4 Å². The summed E-state index contributed by atoms with van der Waals surface area (Å²) in [5.74, 6) is -2.91. The largest absolute Gasteiger partial charge is 0.330 e. The summed E-state index contributed by atoms with van der Waals surface area (Å²) in [6.07, 6.45) is 1.39. The third-order valence-electron chi connectivity index (χ3n) is 3.94. The number of amides is 2. The summed E-state index contributed by atoms with van der Waals surface area (Å²) in [5, 5.41) is 13.0. The fourth-order valence-corrected chi connectivity index (χ4v) is 2.54. The Bertz CT molecular complexity index is 973. The first kappa shape index (κ1) is 19.1. The molecule has 1 heterocycles. The van der Waals surface area contributed by atoms with Gasteiger partial charge in [0.15, 0.2) is 0 Å². The monoisotopic (exact) mass is 386 g/mol.